The number of halogens is 3. The first-order chi connectivity index (χ1) is 12.4. The Bertz CT molecular complexity index is 977. The summed E-state index contributed by atoms with van der Waals surface area (Å²) in [6.45, 7) is -0.0323. The zero-order valence-corrected chi connectivity index (χ0v) is 14.2. The minimum Gasteiger partial charge on any atom is -0.347 e. The van der Waals surface area contributed by atoms with Crippen molar-refractivity contribution >= 4 is 18.1 Å². The van der Waals surface area contributed by atoms with Crippen LogP contribution in [0, 0.1) is 4.77 Å². The summed E-state index contributed by atoms with van der Waals surface area (Å²) in [7, 11) is 0. The summed E-state index contributed by atoms with van der Waals surface area (Å²) in [6, 6.07) is 13.9. The van der Waals surface area contributed by atoms with Crippen LogP contribution in [-0.2, 0) is 12.7 Å². The maximum Gasteiger partial charge on any atom is 0.416 e. The van der Waals surface area contributed by atoms with E-state index in [0.717, 1.165) is 12.1 Å². The topological polar surface area (TPSA) is 49.8 Å². The van der Waals surface area contributed by atoms with Gasteiger partial charge in [0, 0.05) is 18.4 Å². The SMILES string of the molecule is O=C(NCc1cccc(C(F)(F)F)c1)c1c[nH]c(=S)n1-c1ccccc1. The molecular formula is C18H14F3N3OS. The van der Waals surface area contributed by atoms with E-state index in [-0.39, 0.29) is 12.2 Å². The zero-order chi connectivity index (χ0) is 18.7. The third kappa shape index (κ3) is 3.85. The van der Waals surface area contributed by atoms with Gasteiger partial charge in [-0.05, 0) is 42.0 Å². The number of benzene rings is 2. The molecule has 0 aliphatic rings. The molecule has 0 unspecified atom stereocenters. The summed E-state index contributed by atoms with van der Waals surface area (Å²) >= 11 is 5.21. The van der Waals surface area contributed by atoms with Crippen LogP contribution in [0.25, 0.3) is 5.69 Å². The molecule has 0 bridgehead atoms. The summed E-state index contributed by atoms with van der Waals surface area (Å²) in [4.78, 5) is 15.3. The number of aromatic amines is 1. The molecule has 3 rings (SSSR count). The van der Waals surface area contributed by atoms with E-state index in [2.05, 4.69) is 10.3 Å². The third-order valence-corrected chi connectivity index (χ3v) is 4.03. The Kier molecular flexibility index (Phi) is 4.94. The molecule has 134 valence electrons. The van der Waals surface area contributed by atoms with Gasteiger partial charge in [-0.25, -0.2) is 0 Å². The van der Waals surface area contributed by atoms with E-state index < -0.39 is 17.6 Å². The molecule has 0 aliphatic heterocycles. The molecule has 8 heteroatoms. The smallest absolute Gasteiger partial charge is 0.347 e. The standard InChI is InChI=1S/C18H14F3N3OS/c19-18(20,21)13-6-4-5-12(9-13)10-22-16(25)15-11-23-17(26)24(15)14-7-2-1-3-8-14/h1-9,11H,10H2,(H,22,25)(H,23,26). The molecule has 0 spiro atoms. The van der Waals surface area contributed by atoms with Gasteiger partial charge < -0.3 is 10.3 Å². The molecule has 0 saturated heterocycles. The number of nitrogens with one attached hydrogen (secondary N) is 2. The molecule has 3 aromatic rings. The second-order valence-corrected chi connectivity index (χ2v) is 5.92. The molecule has 0 aliphatic carbocycles. The van der Waals surface area contributed by atoms with Gasteiger partial charge in [0.25, 0.3) is 5.91 Å². The van der Waals surface area contributed by atoms with Gasteiger partial charge in [-0.15, -0.1) is 0 Å². The number of hydrogen-bond donors (Lipinski definition) is 2. The zero-order valence-electron chi connectivity index (χ0n) is 13.4. The predicted octanol–water partition coefficient (Wildman–Crippen LogP) is 4.48. The maximum atomic E-state index is 12.8. The number of hydrogen-bond acceptors (Lipinski definition) is 2. The second kappa shape index (κ2) is 7.17. The molecule has 2 aromatic carbocycles. The Morgan fingerprint density at radius 1 is 1.12 bits per heavy atom. The van der Waals surface area contributed by atoms with Gasteiger partial charge in [0.1, 0.15) is 5.69 Å². The fourth-order valence-corrected chi connectivity index (χ4v) is 2.76. The van der Waals surface area contributed by atoms with E-state index in [4.69, 9.17) is 12.2 Å². The monoisotopic (exact) mass is 377 g/mol. The van der Waals surface area contributed by atoms with E-state index in [0.29, 0.717) is 16.0 Å². The van der Waals surface area contributed by atoms with E-state index in [1.54, 1.807) is 16.7 Å². The van der Waals surface area contributed by atoms with E-state index in [9.17, 15) is 18.0 Å². The van der Waals surface area contributed by atoms with Gasteiger partial charge in [-0.1, -0.05) is 30.3 Å². The summed E-state index contributed by atoms with van der Waals surface area (Å²) < 4.78 is 40.2. The minimum atomic E-state index is -4.42. The van der Waals surface area contributed by atoms with E-state index in [1.165, 1.54) is 18.3 Å². The molecular weight excluding hydrogens is 363 g/mol. The van der Waals surface area contributed by atoms with Crippen molar-refractivity contribution in [2.24, 2.45) is 0 Å². The fourth-order valence-electron chi connectivity index (χ4n) is 2.50. The lowest BCUT2D eigenvalue weighted by Crippen LogP contribution is -2.25. The number of H-pyrrole nitrogens is 1. The van der Waals surface area contributed by atoms with Crippen molar-refractivity contribution < 1.29 is 18.0 Å². The van der Waals surface area contributed by atoms with Crippen LogP contribution >= 0.6 is 12.2 Å². The van der Waals surface area contributed by atoms with Gasteiger partial charge in [-0.3, -0.25) is 9.36 Å². The molecule has 0 fully saturated rings. The van der Waals surface area contributed by atoms with Crippen molar-refractivity contribution in [1.82, 2.24) is 14.9 Å². The molecule has 0 atom stereocenters. The molecule has 1 heterocycles. The molecule has 26 heavy (non-hydrogen) atoms. The number of carbonyl (C=O) groups excluding carboxylic acids is 1. The van der Waals surface area contributed by atoms with Crippen LogP contribution in [0.4, 0.5) is 13.2 Å². The van der Waals surface area contributed by atoms with Crippen molar-refractivity contribution in [1.29, 1.82) is 0 Å². The van der Waals surface area contributed by atoms with Crippen LogP contribution in [-0.4, -0.2) is 15.5 Å². The van der Waals surface area contributed by atoms with Crippen LogP contribution in [0.3, 0.4) is 0 Å². The highest BCUT2D eigenvalue weighted by molar-refractivity contribution is 7.71. The van der Waals surface area contributed by atoms with Crippen LogP contribution < -0.4 is 5.32 Å². The van der Waals surface area contributed by atoms with Crippen LogP contribution in [0.15, 0.2) is 60.8 Å². The first-order valence-electron chi connectivity index (χ1n) is 7.66. The average Bonchev–Trinajstić information content (AvgIpc) is 3.01. The quantitative estimate of drug-likeness (QED) is 0.659. The molecule has 1 aromatic heterocycles. The van der Waals surface area contributed by atoms with E-state index >= 15 is 0 Å². The number of alkyl halides is 3. The Balaban J connectivity index is 1.79. The molecule has 4 nitrogen and oxygen atoms in total. The lowest BCUT2D eigenvalue weighted by Gasteiger charge is -2.11. The summed E-state index contributed by atoms with van der Waals surface area (Å²) in [5, 5.41) is 2.62. The lowest BCUT2D eigenvalue weighted by atomic mass is 10.1. The van der Waals surface area contributed by atoms with Gasteiger partial charge in [0.2, 0.25) is 0 Å². The molecule has 2 N–H and O–H groups in total. The maximum absolute atomic E-state index is 12.8. The largest absolute Gasteiger partial charge is 0.416 e. The number of carbonyl (C=O) groups is 1. The number of rotatable bonds is 4. The van der Waals surface area contributed by atoms with Crippen LogP contribution in [0.1, 0.15) is 21.6 Å². The van der Waals surface area contributed by atoms with E-state index in [1.807, 2.05) is 18.2 Å². The van der Waals surface area contributed by atoms with Crippen molar-refractivity contribution in [3.63, 3.8) is 0 Å². The Morgan fingerprint density at radius 2 is 1.85 bits per heavy atom. The summed E-state index contributed by atoms with van der Waals surface area (Å²) in [5.74, 6) is -0.446. The van der Waals surface area contributed by atoms with Crippen molar-refractivity contribution in [3.05, 3.63) is 82.4 Å². The van der Waals surface area contributed by atoms with Gasteiger partial charge in [-0.2, -0.15) is 13.2 Å². The number of aromatic nitrogens is 2. The molecule has 1 amide bonds. The Hall–Kier alpha value is -2.87. The fraction of sp³-hybridized carbons (Fsp3) is 0.111. The normalized spacial score (nSPS) is 11.3. The Labute approximate surface area is 152 Å². The van der Waals surface area contributed by atoms with Crippen molar-refractivity contribution in [2.45, 2.75) is 12.7 Å². The highest BCUT2D eigenvalue weighted by atomic mass is 32.1. The first kappa shape index (κ1) is 17.9. The molecule has 0 radical (unpaired) electrons. The summed E-state index contributed by atoms with van der Waals surface area (Å²) in [5.41, 5.74) is 0.586. The average molecular weight is 377 g/mol. The van der Waals surface area contributed by atoms with Crippen molar-refractivity contribution in [3.8, 4) is 5.69 Å². The van der Waals surface area contributed by atoms with Gasteiger partial charge >= 0.3 is 6.18 Å². The highest BCUT2D eigenvalue weighted by Crippen LogP contribution is 2.29. The highest BCUT2D eigenvalue weighted by Gasteiger charge is 2.30. The predicted molar refractivity (Wildman–Crippen MR) is 93.6 cm³/mol. The number of amides is 1. The van der Waals surface area contributed by atoms with Crippen LogP contribution in [0.2, 0.25) is 0 Å². The third-order valence-electron chi connectivity index (χ3n) is 3.73. The number of imidazole rings is 1. The molecule has 0 saturated carbocycles. The minimum absolute atomic E-state index is 0.0323. The Morgan fingerprint density at radius 3 is 2.54 bits per heavy atom. The summed E-state index contributed by atoms with van der Waals surface area (Å²) in [6.07, 6.45) is -2.95. The van der Waals surface area contributed by atoms with Gasteiger partial charge in [0.05, 0.1) is 5.56 Å². The second-order valence-electron chi connectivity index (χ2n) is 5.53. The van der Waals surface area contributed by atoms with Crippen LogP contribution in [0.5, 0.6) is 0 Å². The lowest BCUT2D eigenvalue weighted by molar-refractivity contribution is -0.137. The number of nitrogens with zero attached hydrogens (tertiary/aromatic N) is 1. The van der Waals surface area contributed by atoms with Gasteiger partial charge in [0.15, 0.2) is 4.77 Å². The van der Waals surface area contributed by atoms with Crippen molar-refractivity contribution in [2.75, 3.05) is 0 Å². The first-order valence-corrected chi connectivity index (χ1v) is 8.07. The number of para-hydroxylation sites is 1.